The van der Waals surface area contributed by atoms with E-state index in [9.17, 15) is 29.1 Å². The number of hydrogen-bond donors (Lipinski definition) is 4. The maximum Gasteiger partial charge on any atom is 0.246 e. The first-order valence-corrected chi connectivity index (χ1v) is 13.5. The van der Waals surface area contributed by atoms with Crippen LogP contribution in [0.15, 0.2) is 35.9 Å². The van der Waals surface area contributed by atoms with E-state index in [4.69, 9.17) is 0 Å². The molecule has 0 bridgehead atoms. The van der Waals surface area contributed by atoms with Crippen LogP contribution in [0, 0.1) is 19.8 Å². The van der Waals surface area contributed by atoms with Crippen molar-refractivity contribution in [1.29, 1.82) is 0 Å². The van der Waals surface area contributed by atoms with Crippen molar-refractivity contribution in [3.63, 3.8) is 0 Å². The average Bonchev–Trinajstić information content (AvgIpc) is 2.88. The summed E-state index contributed by atoms with van der Waals surface area (Å²) >= 11 is 0. The number of rotatable bonds is 14. The van der Waals surface area contributed by atoms with Gasteiger partial charge < -0.3 is 21.1 Å². The number of anilines is 1. The van der Waals surface area contributed by atoms with Crippen LogP contribution < -0.4 is 16.0 Å². The number of aliphatic hydroxyl groups excluding tert-OH is 1. The molecule has 1 aliphatic rings. The lowest BCUT2D eigenvalue weighted by Crippen LogP contribution is -2.53. The minimum absolute atomic E-state index is 0.0859. The van der Waals surface area contributed by atoms with E-state index in [-0.39, 0.29) is 42.3 Å². The third-order valence-corrected chi connectivity index (χ3v) is 6.76. The number of benzene rings is 1. The highest BCUT2D eigenvalue weighted by atomic mass is 16.3. The first-order valence-electron chi connectivity index (χ1n) is 13.5. The molecule has 0 saturated heterocycles. The normalized spacial score (nSPS) is 14.6. The molecule has 1 aromatic carbocycles. The van der Waals surface area contributed by atoms with E-state index in [0.717, 1.165) is 36.0 Å². The molecule has 9 heteroatoms. The number of aryl methyl sites for hydroxylation is 2. The van der Waals surface area contributed by atoms with Gasteiger partial charge in [-0.15, -0.1) is 0 Å². The minimum Gasteiger partial charge on any atom is -0.392 e. The molecule has 0 unspecified atom stereocenters. The van der Waals surface area contributed by atoms with Gasteiger partial charge in [-0.25, -0.2) is 0 Å². The Morgan fingerprint density at radius 1 is 0.872 bits per heavy atom. The summed E-state index contributed by atoms with van der Waals surface area (Å²) in [7, 11) is 0. The highest BCUT2D eigenvalue weighted by Gasteiger charge is 2.27. The zero-order valence-corrected chi connectivity index (χ0v) is 23.6. The van der Waals surface area contributed by atoms with Gasteiger partial charge in [0, 0.05) is 17.7 Å². The summed E-state index contributed by atoms with van der Waals surface area (Å²) < 4.78 is 0. The summed E-state index contributed by atoms with van der Waals surface area (Å²) in [6.07, 6.45) is 7.74. The molecule has 39 heavy (non-hydrogen) atoms. The van der Waals surface area contributed by atoms with E-state index >= 15 is 0 Å². The molecular formula is C30H41N3O6. The van der Waals surface area contributed by atoms with Crippen LogP contribution in [0.3, 0.4) is 0 Å². The van der Waals surface area contributed by atoms with Gasteiger partial charge in [-0.3, -0.25) is 24.0 Å². The van der Waals surface area contributed by atoms with Gasteiger partial charge in [0.05, 0.1) is 6.61 Å². The molecule has 0 fully saturated rings. The Morgan fingerprint density at radius 2 is 1.56 bits per heavy atom. The Bertz CT molecular complexity index is 1150. The summed E-state index contributed by atoms with van der Waals surface area (Å²) in [5.41, 5.74) is 3.57. The van der Waals surface area contributed by atoms with Gasteiger partial charge in [-0.2, -0.15) is 0 Å². The number of amides is 3. The molecule has 212 valence electrons. The van der Waals surface area contributed by atoms with Crippen molar-refractivity contribution in [3.8, 4) is 0 Å². The number of hydrogen-bond acceptors (Lipinski definition) is 6. The fourth-order valence-corrected chi connectivity index (χ4v) is 4.28. The third-order valence-electron chi connectivity index (χ3n) is 6.76. The van der Waals surface area contributed by atoms with Crippen molar-refractivity contribution in [3.05, 3.63) is 52.6 Å². The molecule has 2 atom stereocenters. The molecule has 2 rings (SSSR count). The predicted octanol–water partition coefficient (Wildman–Crippen LogP) is 3.35. The standard InChI is InChI=1S/C30H41N3O6/c1-18(2)28(33-27(37)11-9-7-6-8-10-22-16-24(35)12-13-26(22)36)30(39)31-21(5)29(38)32-25-15-19(3)23(17-34)14-20(25)4/h12-16,18,21,28,34H,6-11,17H2,1-5H3,(H,31,39)(H,32,38)(H,33,37)/t21-,28-/m0/s1. The molecule has 0 spiro atoms. The fraction of sp³-hybridized carbons (Fsp3) is 0.500. The number of unbranched alkanes of at least 4 members (excludes halogenated alkanes) is 3. The monoisotopic (exact) mass is 539 g/mol. The van der Waals surface area contributed by atoms with E-state index in [0.29, 0.717) is 24.1 Å². The van der Waals surface area contributed by atoms with Crippen LogP contribution in [0.4, 0.5) is 5.69 Å². The van der Waals surface area contributed by atoms with E-state index < -0.39 is 18.0 Å². The molecule has 1 aliphatic carbocycles. The van der Waals surface area contributed by atoms with Crippen molar-refractivity contribution in [2.45, 2.75) is 91.8 Å². The fourth-order valence-electron chi connectivity index (χ4n) is 4.28. The molecule has 0 aromatic heterocycles. The second kappa shape index (κ2) is 15.1. The predicted molar refractivity (Wildman–Crippen MR) is 150 cm³/mol. The molecule has 0 saturated carbocycles. The number of allylic oxidation sites excluding steroid dienone is 4. The maximum atomic E-state index is 12.9. The second-order valence-corrected chi connectivity index (χ2v) is 10.4. The lowest BCUT2D eigenvalue weighted by molar-refractivity contribution is -0.131. The van der Waals surface area contributed by atoms with Crippen LogP contribution in [-0.2, 0) is 30.6 Å². The molecule has 9 nitrogen and oxygen atoms in total. The molecule has 0 radical (unpaired) electrons. The Balaban J connectivity index is 1.78. The quantitative estimate of drug-likeness (QED) is 0.211. The van der Waals surface area contributed by atoms with Gasteiger partial charge in [0.2, 0.25) is 17.7 Å². The summed E-state index contributed by atoms with van der Waals surface area (Å²) in [5, 5.41) is 17.7. The van der Waals surface area contributed by atoms with Crippen molar-refractivity contribution < 1.29 is 29.1 Å². The van der Waals surface area contributed by atoms with Crippen molar-refractivity contribution in [2.75, 3.05) is 5.32 Å². The van der Waals surface area contributed by atoms with Gasteiger partial charge in [-0.05, 0) is 86.9 Å². The Morgan fingerprint density at radius 3 is 2.23 bits per heavy atom. The van der Waals surface area contributed by atoms with Crippen LogP contribution >= 0.6 is 0 Å². The van der Waals surface area contributed by atoms with Crippen LogP contribution in [-0.4, -0.2) is 46.5 Å². The first kappa shape index (κ1) is 31.6. The molecule has 1 aromatic rings. The summed E-state index contributed by atoms with van der Waals surface area (Å²) in [4.78, 5) is 61.3. The van der Waals surface area contributed by atoms with Gasteiger partial charge in [0.25, 0.3) is 0 Å². The minimum atomic E-state index is -0.829. The zero-order chi connectivity index (χ0) is 29.1. The van der Waals surface area contributed by atoms with Gasteiger partial charge >= 0.3 is 0 Å². The van der Waals surface area contributed by atoms with E-state index in [1.807, 2.05) is 33.8 Å². The molecule has 0 heterocycles. The van der Waals surface area contributed by atoms with Crippen LogP contribution in [0.25, 0.3) is 0 Å². The lowest BCUT2D eigenvalue weighted by atomic mass is 9.97. The number of aliphatic hydroxyl groups is 1. The number of ketones is 2. The lowest BCUT2D eigenvalue weighted by Gasteiger charge is -2.24. The Labute approximate surface area is 230 Å². The van der Waals surface area contributed by atoms with Crippen LogP contribution in [0.2, 0.25) is 0 Å². The number of carbonyl (C=O) groups is 5. The maximum absolute atomic E-state index is 12.9. The smallest absolute Gasteiger partial charge is 0.246 e. The first-order chi connectivity index (χ1) is 18.4. The number of nitrogens with one attached hydrogen (secondary N) is 3. The van der Waals surface area contributed by atoms with Crippen molar-refractivity contribution >= 4 is 35.0 Å². The highest BCUT2D eigenvalue weighted by Crippen LogP contribution is 2.21. The number of carbonyl (C=O) groups excluding carboxylic acids is 5. The largest absolute Gasteiger partial charge is 0.392 e. The highest BCUT2D eigenvalue weighted by molar-refractivity contribution is 6.17. The van der Waals surface area contributed by atoms with E-state index in [2.05, 4.69) is 16.0 Å². The van der Waals surface area contributed by atoms with Gasteiger partial charge in [0.1, 0.15) is 12.1 Å². The van der Waals surface area contributed by atoms with E-state index in [1.54, 1.807) is 13.0 Å². The molecule has 0 aliphatic heterocycles. The second-order valence-electron chi connectivity index (χ2n) is 10.4. The topological polar surface area (TPSA) is 142 Å². The molecular weight excluding hydrogens is 498 g/mol. The van der Waals surface area contributed by atoms with Crippen molar-refractivity contribution in [1.82, 2.24) is 10.6 Å². The summed E-state index contributed by atoms with van der Waals surface area (Å²) in [6, 6.07) is 1.99. The molecule has 3 amide bonds. The van der Waals surface area contributed by atoms with Gasteiger partial charge in [0.15, 0.2) is 11.6 Å². The van der Waals surface area contributed by atoms with Gasteiger partial charge in [-0.1, -0.05) is 32.8 Å². The van der Waals surface area contributed by atoms with Crippen LogP contribution in [0.1, 0.15) is 76.0 Å². The Hall–Kier alpha value is -3.59. The average molecular weight is 540 g/mol. The third kappa shape index (κ3) is 9.90. The zero-order valence-electron chi connectivity index (χ0n) is 23.6. The van der Waals surface area contributed by atoms with Crippen LogP contribution in [0.5, 0.6) is 0 Å². The van der Waals surface area contributed by atoms with Crippen molar-refractivity contribution in [2.24, 2.45) is 5.92 Å². The SMILES string of the molecule is Cc1cc(NC(=O)[C@H](C)NC(=O)[C@@H](NC(=O)CCCCCCC2=CC(=O)C=CC2=O)C(C)C)c(C)cc1CO. The Kier molecular flexibility index (Phi) is 12.3. The summed E-state index contributed by atoms with van der Waals surface area (Å²) in [6.45, 7) is 8.82. The molecule has 4 N–H and O–H groups in total. The summed E-state index contributed by atoms with van der Waals surface area (Å²) in [5.74, 6) is -1.53. The van der Waals surface area contributed by atoms with E-state index in [1.165, 1.54) is 18.2 Å².